The minimum Gasteiger partial charge on any atom is -0.385 e. The van der Waals surface area contributed by atoms with E-state index in [4.69, 9.17) is 5.73 Å². The van der Waals surface area contributed by atoms with Crippen LogP contribution in [0.15, 0.2) is 12.1 Å². The average Bonchev–Trinajstić information content (AvgIpc) is 2.20. The highest BCUT2D eigenvalue weighted by Gasteiger charge is 1.97. The molecule has 0 aliphatic heterocycles. The van der Waals surface area contributed by atoms with Crippen LogP contribution in [0.4, 0.5) is 11.6 Å². The lowest BCUT2D eigenvalue weighted by molar-refractivity contribution is 0.933. The fraction of sp³-hybridized carbons (Fsp3) is 0.429. The van der Waals surface area contributed by atoms with E-state index in [1.165, 1.54) is 0 Å². The predicted octanol–water partition coefficient (Wildman–Crippen LogP) is 1.04. The van der Waals surface area contributed by atoms with Gasteiger partial charge in [0.05, 0.1) is 0 Å². The molecule has 0 saturated heterocycles. The highest BCUT2D eigenvalue weighted by molar-refractivity contribution is 5.47. The molecule has 0 aromatic carbocycles. The van der Waals surface area contributed by atoms with Crippen LogP contribution in [0, 0.1) is 0 Å². The van der Waals surface area contributed by atoms with Gasteiger partial charge in [0.1, 0.15) is 11.6 Å². The highest BCUT2D eigenvalue weighted by Crippen LogP contribution is 2.12. The number of rotatable bonds is 2. The molecule has 0 radical (unpaired) electrons. The largest absolute Gasteiger partial charge is 0.385 e. The van der Waals surface area contributed by atoms with E-state index in [1.54, 1.807) is 0 Å². The number of nitrogens with zero attached hydrogens (tertiary/aromatic N) is 1. The van der Waals surface area contributed by atoms with Crippen LogP contribution in [-0.4, -0.2) is 11.1 Å². The molecule has 1 rings (SSSR count). The van der Waals surface area contributed by atoms with E-state index in [0.29, 0.717) is 0 Å². The van der Waals surface area contributed by atoms with E-state index in [2.05, 4.69) is 12.2 Å². The summed E-state index contributed by atoms with van der Waals surface area (Å²) in [6.07, 6.45) is 0. The van der Waals surface area contributed by atoms with Gasteiger partial charge >= 0.3 is 0 Å². The van der Waals surface area contributed by atoms with E-state index >= 15 is 0 Å². The Morgan fingerprint density at radius 1 is 1.60 bits per heavy atom. The SMILES string of the molecule is CCNc1ccc(N)n1C. The van der Waals surface area contributed by atoms with Gasteiger partial charge in [0.2, 0.25) is 0 Å². The molecule has 3 heteroatoms. The van der Waals surface area contributed by atoms with E-state index < -0.39 is 0 Å². The van der Waals surface area contributed by atoms with Gasteiger partial charge in [0.25, 0.3) is 0 Å². The van der Waals surface area contributed by atoms with Crippen molar-refractivity contribution in [3.8, 4) is 0 Å². The Hall–Kier alpha value is -1.12. The molecule has 0 unspecified atom stereocenters. The molecule has 1 aromatic heterocycles. The normalized spacial score (nSPS) is 9.80. The number of nitrogen functional groups attached to an aromatic ring is 1. The number of hydrogen-bond acceptors (Lipinski definition) is 2. The second-order valence-electron chi connectivity index (χ2n) is 2.23. The fourth-order valence-electron chi connectivity index (χ4n) is 0.886. The molecular formula is C7H13N3. The maximum atomic E-state index is 5.59. The molecule has 1 aromatic rings. The summed E-state index contributed by atoms with van der Waals surface area (Å²) in [5, 5.41) is 3.18. The molecule has 0 saturated carbocycles. The lowest BCUT2D eigenvalue weighted by atomic mass is 10.6. The average molecular weight is 139 g/mol. The summed E-state index contributed by atoms with van der Waals surface area (Å²) in [4.78, 5) is 0. The first-order chi connectivity index (χ1) is 4.75. The van der Waals surface area contributed by atoms with E-state index in [1.807, 2.05) is 23.7 Å². The molecule has 0 spiro atoms. The maximum absolute atomic E-state index is 5.59. The maximum Gasteiger partial charge on any atom is 0.107 e. The van der Waals surface area contributed by atoms with Crippen LogP contribution in [0.3, 0.4) is 0 Å². The van der Waals surface area contributed by atoms with Gasteiger partial charge in [0.15, 0.2) is 0 Å². The summed E-state index contributed by atoms with van der Waals surface area (Å²) < 4.78 is 1.92. The second-order valence-corrected chi connectivity index (χ2v) is 2.23. The first-order valence-electron chi connectivity index (χ1n) is 3.40. The lowest BCUT2D eigenvalue weighted by Gasteiger charge is -2.04. The van der Waals surface area contributed by atoms with Crippen molar-refractivity contribution < 1.29 is 0 Å². The topological polar surface area (TPSA) is 43.0 Å². The second kappa shape index (κ2) is 2.64. The van der Waals surface area contributed by atoms with Crippen molar-refractivity contribution in [3.05, 3.63) is 12.1 Å². The number of nitrogens with two attached hydrogens (primary N) is 1. The monoisotopic (exact) mass is 139 g/mol. The van der Waals surface area contributed by atoms with Crippen molar-refractivity contribution in [1.29, 1.82) is 0 Å². The molecule has 0 amide bonds. The Labute approximate surface area is 60.8 Å². The Bertz CT molecular complexity index is 215. The van der Waals surface area contributed by atoms with Crippen LogP contribution in [0.2, 0.25) is 0 Å². The molecule has 56 valence electrons. The number of hydrogen-bond donors (Lipinski definition) is 2. The van der Waals surface area contributed by atoms with Gasteiger partial charge < -0.3 is 15.6 Å². The Balaban J connectivity index is 2.83. The Morgan fingerprint density at radius 3 is 2.70 bits per heavy atom. The third kappa shape index (κ3) is 1.07. The van der Waals surface area contributed by atoms with Crippen molar-refractivity contribution in [2.24, 2.45) is 7.05 Å². The molecule has 0 atom stereocenters. The van der Waals surface area contributed by atoms with Crippen LogP contribution in [0.1, 0.15) is 6.92 Å². The lowest BCUT2D eigenvalue weighted by Crippen LogP contribution is -2.04. The minimum absolute atomic E-state index is 0.788. The summed E-state index contributed by atoms with van der Waals surface area (Å²) in [6, 6.07) is 3.86. The van der Waals surface area contributed by atoms with Gasteiger partial charge in [-0.3, -0.25) is 0 Å². The predicted molar refractivity (Wildman–Crippen MR) is 44.0 cm³/mol. The van der Waals surface area contributed by atoms with Crippen LogP contribution >= 0.6 is 0 Å². The van der Waals surface area contributed by atoms with Gasteiger partial charge in [-0.05, 0) is 19.1 Å². The van der Waals surface area contributed by atoms with Gasteiger partial charge in [-0.15, -0.1) is 0 Å². The van der Waals surface area contributed by atoms with Crippen LogP contribution < -0.4 is 11.1 Å². The summed E-state index contributed by atoms with van der Waals surface area (Å²) in [6.45, 7) is 2.99. The molecular weight excluding hydrogens is 126 g/mol. The van der Waals surface area contributed by atoms with Crippen molar-refractivity contribution in [3.63, 3.8) is 0 Å². The highest BCUT2D eigenvalue weighted by atomic mass is 15.1. The van der Waals surface area contributed by atoms with Gasteiger partial charge in [-0.25, -0.2) is 0 Å². The summed E-state index contributed by atoms with van der Waals surface area (Å²) in [5.41, 5.74) is 5.59. The Kier molecular flexibility index (Phi) is 1.85. The van der Waals surface area contributed by atoms with Gasteiger partial charge in [-0.1, -0.05) is 0 Å². The van der Waals surface area contributed by atoms with Gasteiger partial charge in [-0.2, -0.15) is 0 Å². The molecule has 0 bridgehead atoms. The number of aromatic nitrogens is 1. The molecule has 0 aliphatic rings. The zero-order valence-corrected chi connectivity index (χ0v) is 6.39. The van der Waals surface area contributed by atoms with E-state index in [9.17, 15) is 0 Å². The molecule has 0 fully saturated rings. The molecule has 0 aliphatic carbocycles. The Morgan fingerprint density at radius 2 is 2.30 bits per heavy atom. The standard InChI is InChI=1S/C7H13N3/c1-3-9-7-5-4-6(8)10(7)2/h4-5,9H,3,8H2,1-2H3. The van der Waals surface area contributed by atoms with Crippen molar-refractivity contribution >= 4 is 11.6 Å². The summed E-state index contributed by atoms with van der Waals surface area (Å²) >= 11 is 0. The zero-order chi connectivity index (χ0) is 7.56. The molecule has 3 N–H and O–H groups in total. The van der Waals surface area contributed by atoms with Crippen LogP contribution in [-0.2, 0) is 7.05 Å². The number of nitrogens with one attached hydrogen (secondary N) is 1. The van der Waals surface area contributed by atoms with Crippen molar-refractivity contribution in [2.45, 2.75) is 6.92 Å². The zero-order valence-electron chi connectivity index (χ0n) is 6.39. The summed E-state index contributed by atoms with van der Waals surface area (Å²) in [7, 11) is 1.94. The minimum atomic E-state index is 0.788. The van der Waals surface area contributed by atoms with Crippen LogP contribution in [0.5, 0.6) is 0 Å². The molecule has 3 nitrogen and oxygen atoms in total. The first-order valence-corrected chi connectivity index (χ1v) is 3.40. The fourth-order valence-corrected chi connectivity index (χ4v) is 0.886. The summed E-state index contributed by atoms with van der Waals surface area (Å²) in [5.74, 6) is 1.86. The third-order valence-electron chi connectivity index (χ3n) is 1.52. The van der Waals surface area contributed by atoms with Gasteiger partial charge in [0, 0.05) is 13.6 Å². The van der Waals surface area contributed by atoms with Crippen molar-refractivity contribution in [2.75, 3.05) is 17.6 Å². The molecule has 10 heavy (non-hydrogen) atoms. The first kappa shape index (κ1) is 6.99. The number of anilines is 2. The van der Waals surface area contributed by atoms with E-state index in [-0.39, 0.29) is 0 Å². The van der Waals surface area contributed by atoms with Crippen molar-refractivity contribution in [1.82, 2.24) is 4.57 Å². The third-order valence-corrected chi connectivity index (χ3v) is 1.52. The van der Waals surface area contributed by atoms with Crippen LogP contribution in [0.25, 0.3) is 0 Å². The quantitative estimate of drug-likeness (QED) is 0.643. The molecule has 1 heterocycles. The van der Waals surface area contributed by atoms with E-state index in [0.717, 1.165) is 18.2 Å². The smallest absolute Gasteiger partial charge is 0.107 e.